The standard InChI is InChI=1S/C25H28N2O/c1-28-23-15-9-8-14-21(23)18-27-25-22(19-10-4-2-5-11-19)16-17-26-24(25)20-12-6-3-7-13-20/h2-15,22,24-27H,16-18H2,1H3/t22?,24-,25-/m1/s1. The van der Waals surface area contributed by atoms with Crippen molar-refractivity contribution in [1.82, 2.24) is 10.6 Å². The zero-order valence-electron chi connectivity index (χ0n) is 16.3. The third kappa shape index (κ3) is 4.11. The fraction of sp³-hybridized carbons (Fsp3) is 0.280. The van der Waals surface area contributed by atoms with Crippen LogP contribution in [0.3, 0.4) is 0 Å². The fourth-order valence-corrected chi connectivity index (χ4v) is 4.33. The van der Waals surface area contributed by atoms with Crippen molar-refractivity contribution in [1.29, 1.82) is 0 Å². The number of piperidine rings is 1. The maximum absolute atomic E-state index is 5.55. The lowest BCUT2D eigenvalue weighted by atomic mass is 9.79. The summed E-state index contributed by atoms with van der Waals surface area (Å²) >= 11 is 0. The van der Waals surface area contributed by atoms with Crippen molar-refractivity contribution < 1.29 is 4.74 Å². The predicted molar refractivity (Wildman–Crippen MR) is 115 cm³/mol. The molecule has 4 rings (SSSR count). The summed E-state index contributed by atoms with van der Waals surface area (Å²) in [5, 5.41) is 7.62. The van der Waals surface area contributed by atoms with Crippen LogP contribution in [0.15, 0.2) is 84.9 Å². The van der Waals surface area contributed by atoms with Gasteiger partial charge in [-0.05, 0) is 30.2 Å². The molecule has 144 valence electrons. The zero-order chi connectivity index (χ0) is 19.2. The van der Waals surface area contributed by atoms with Crippen LogP contribution in [0.2, 0.25) is 0 Å². The first-order chi connectivity index (χ1) is 13.9. The second-order valence-corrected chi connectivity index (χ2v) is 7.37. The molecule has 0 amide bonds. The van der Waals surface area contributed by atoms with Crippen molar-refractivity contribution in [3.05, 3.63) is 102 Å². The molecule has 0 aliphatic carbocycles. The maximum Gasteiger partial charge on any atom is 0.123 e. The van der Waals surface area contributed by atoms with Gasteiger partial charge in [0.1, 0.15) is 5.75 Å². The Labute approximate surface area is 167 Å². The van der Waals surface area contributed by atoms with Gasteiger partial charge in [-0.15, -0.1) is 0 Å². The minimum Gasteiger partial charge on any atom is -0.496 e. The molecular weight excluding hydrogens is 344 g/mol. The van der Waals surface area contributed by atoms with Gasteiger partial charge in [-0.25, -0.2) is 0 Å². The quantitative estimate of drug-likeness (QED) is 0.660. The number of para-hydroxylation sites is 1. The topological polar surface area (TPSA) is 33.3 Å². The highest BCUT2D eigenvalue weighted by molar-refractivity contribution is 5.34. The average Bonchev–Trinajstić information content (AvgIpc) is 2.79. The second kappa shape index (κ2) is 9.05. The smallest absolute Gasteiger partial charge is 0.123 e. The summed E-state index contributed by atoms with van der Waals surface area (Å²) in [7, 11) is 1.74. The lowest BCUT2D eigenvalue weighted by Gasteiger charge is -2.40. The summed E-state index contributed by atoms with van der Waals surface area (Å²) in [5.41, 5.74) is 3.93. The lowest BCUT2D eigenvalue weighted by molar-refractivity contribution is 0.267. The minimum absolute atomic E-state index is 0.273. The number of rotatable bonds is 6. The Morgan fingerprint density at radius 3 is 2.21 bits per heavy atom. The molecule has 1 unspecified atom stereocenters. The Kier molecular flexibility index (Phi) is 6.05. The summed E-state index contributed by atoms with van der Waals surface area (Å²) in [6, 6.07) is 30.5. The molecule has 1 aliphatic heterocycles. The first kappa shape index (κ1) is 18.7. The van der Waals surface area contributed by atoms with Gasteiger partial charge >= 0.3 is 0 Å². The number of hydrogen-bond acceptors (Lipinski definition) is 3. The van der Waals surface area contributed by atoms with Gasteiger partial charge in [0.15, 0.2) is 0 Å². The van der Waals surface area contributed by atoms with Crippen LogP contribution in [0.4, 0.5) is 0 Å². The Morgan fingerprint density at radius 1 is 0.857 bits per heavy atom. The van der Waals surface area contributed by atoms with Crippen molar-refractivity contribution in [2.75, 3.05) is 13.7 Å². The van der Waals surface area contributed by atoms with Crippen molar-refractivity contribution in [3.8, 4) is 5.75 Å². The van der Waals surface area contributed by atoms with E-state index in [2.05, 4.69) is 83.4 Å². The normalized spacial score (nSPS) is 22.0. The van der Waals surface area contributed by atoms with Crippen LogP contribution >= 0.6 is 0 Å². The number of methoxy groups -OCH3 is 1. The van der Waals surface area contributed by atoms with Crippen LogP contribution in [0.1, 0.15) is 35.1 Å². The summed E-state index contributed by atoms with van der Waals surface area (Å²) in [6.07, 6.45) is 1.12. The van der Waals surface area contributed by atoms with Crippen LogP contribution < -0.4 is 15.4 Å². The largest absolute Gasteiger partial charge is 0.496 e. The van der Waals surface area contributed by atoms with E-state index in [1.54, 1.807) is 7.11 Å². The second-order valence-electron chi connectivity index (χ2n) is 7.37. The van der Waals surface area contributed by atoms with E-state index in [0.717, 1.165) is 25.3 Å². The highest BCUT2D eigenvalue weighted by atomic mass is 16.5. The molecule has 0 saturated carbocycles. The molecule has 3 aromatic carbocycles. The van der Waals surface area contributed by atoms with Gasteiger partial charge in [-0.3, -0.25) is 0 Å². The molecule has 3 aromatic rings. The van der Waals surface area contributed by atoms with Gasteiger partial charge in [0.05, 0.1) is 7.11 Å². The van der Waals surface area contributed by atoms with Crippen molar-refractivity contribution >= 4 is 0 Å². The first-order valence-electron chi connectivity index (χ1n) is 10.1. The SMILES string of the molecule is COc1ccccc1CN[C@@H]1C(c2ccccc2)CCN[C@@H]1c1ccccc1. The van der Waals surface area contributed by atoms with Gasteiger partial charge in [-0.2, -0.15) is 0 Å². The van der Waals surface area contributed by atoms with Crippen molar-refractivity contribution in [2.45, 2.75) is 31.0 Å². The van der Waals surface area contributed by atoms with Crippen LogP contribution in [-0.4, -0.2) is 19.7 Å². The van der Waals surface area contributed by atoms with Gasteiger partial charge < -0.3 is 15.4 Å². The first-order valence-corrected chi connectivity index (χ1v) is 10.1. The molecule has 3 heteroatoms. The molecule has 1 fully saturated rings. The van der Waals surface area contributed by atoms with Gasteiger partial charge in [0.2, 0.25) is 0 Å². The van der Waals surface area contributed by atoms with Gasteiger partial charge in [-0.1, -0.05) is 78.9 Å². The van der Waals surface area contributed by atoms with Crippen LogP contribution in [-0.2, 0) is 6.54 Å². The average molecular weight is 373 g/mol. The molecule has 2 N–H and O–H groups in total. The predicted octanol–water partition coefficient (Wildman–Crippen LogP) is 4.67. The van der Waals surface area contributed by atoms with Crippen molar-refractivity contribution in [3.63, 3.8) is 0 Å². The van der Waals surface area contributed by atoms with Crippen LogP contribution in [0.25, 0.3) is 0 Å². The maximum atomic E-state index is 5.55. The van der Waals surface area contributed by atoms with E-state index in [1.165, 1.54) is 16.7 Å². The van der Waals surface area contributed by atoms with E-state index in [9.17, 15) is 0 Å². The third-order valence-corrected chi connectivity index (χ3v) is 5.72. The highest BCUT2D eigenvalue weighted by Crippen LogP contribution is 2.35. The molecule has 0 aromatic heterocycles. The number of hydrogen-bond donors (Lipinski definition) is 2. The Hall–Kier alpha value is -2.62. The molecule has 1 saturated heterocycles. The molecule has 0 spiro atoms. The van der Waals surface area contributed by atoms with E-state index in [-0.39, 0.29) is 6.04 Å². The zero-order valence-corrected chi connectivity index (χ0v) is 16.3. The van der Waals surface area contributed by atoms with Gasteiger partial charge in [0, 0.05) is 30.1 Å². The summed E-state index contributed by atoms with van der Waals surface area (Å²) < 4.78 is 5.55. The molecule has 3 nitrogen and oxygen atoms in total. The third-order valence-electron chi connectivity index (χ3n) is 5.72. The fourth-order valence-electron chi connectivity index (χ4n) is 4.33. The Morgan fingerprint density at radius 2 is 1.50 bits per heavy atom. The monoisotopic (exact) mass is 372 g/mol. The lowest BCUT2D eigenvalue weighted by Crippen LogP contribution is -2.50. The van der Waals surface area contributed by atoms with Crippen molar-refractivity contribution in [2.24, 2.45) is 0 Å². The number of nitrogens with one attached hydrogen (secondary N) is 2. The molecule has 0 bridgehead atoms. The van der Waals surface area contributed by atoms with E-state index in [1.807, 2.05) is 12.1 Å². The molecule has 1 aliphatic rings. The summed E-state index contributed by atoms with van der Waals surface area (Å²) in [6.45, 7) is 1.80. The van der Waals surface area contributed by atoms with Crippen LogP contribution in [0.5, 0.6) is 5.75 Å². The minimum atomic E-state index is 0.273. The molecule has 28 heavy (non-hydrogen) atoms. The molecule has 3 atom stereocenters. The summed E-state index contributed by atoms with van der Waals surface area (Å²) in [5.74, 6) is 1.40. The van der Waals surface area contributed by atoms with Gasteiger partial charge in [0.25, 0.3) is 0 Å². The highest BCUT2D eigenvalue weighted by Gasteiger charge is 2.34. The summed E-state index contributed by atoms with van der Waals surface area (Å²) in [4.78, 5) is 0. The Bertz CT molecular complexity index is 818. The molecule has 0 radical (unpaired) electrons. The molecule has 1 heterocycles. The number of ether oxygens (including phenoxy) is 1. The van der Waals surface area contributed by atoms with E-state index in [4.69, 9.17) is 4.74 Å². The van der Waals surface area contributed by atoms with E-state index < -0.39 is 0 Å². The Balaban J connectivity index is 1.63. The van der Waals surface area contributed by atoms with E-state index >= 15 is 0 Å². The van der Waals surface area contributed by atoms with E-state index in [0.29, 0.717) is 12.0 Å². The molecular formula is C25H28N2O. The van der Waals surface area contributed by atoms with Crippen LogP contribution in [0, 0.1) is 0 Å². The number of benzene rings is 3.